The van der Waals surface area contributed by atoms with Crippen molar-refractivity contribution < 1.29 is 0 Å². The largest absolute Gasteiger partial charge is 0.297 e. The Balaban J connectivity index is 1.25. The van der Waals surface area contributed by atoms with E-state index in [0.717, 1.165) is 45.2 Å². The lowest BCUT2D eigenvalue weighted by molar-refractivity contribution is 0.123. The average Bonchev–Trinajstić information content (AvgIpc) is 2.96. The van der Waals surface area contributed by atoms with E-state index in [9.17, 15) is 0 Å². The summed E-state index contributed by atoms with van der Waals surface area (Å²) in [6, 6.07) is 4.23. The molecule has 5 heteroatoms. The zero-order chi connectivity index (χ0) is 15.5. The minimum Gasteiger partial charge on any atom is -0.297 e. The van der Waals surface area contributed by atoms with Crippen molar-refractivity contribution in [2.24, 2.45) is 0 Å². The van der Waals surface area contributed by atoms with Gasteiger partial charge in [-0.1, -0.05) is 6.42 Å². The van der Waals surface area contributed by atoms with Gasteiger partial charge in [0.2, 0.25) is 0 Å². The van der Waals surface area contributed by atoms with E-state index >= 15 is 0 Å². The van der Waals surface area contributed by atoms with Crippen molar-refractivity contribution in [3.05, 3.63) is 46.2 Å². The topological polar surface area (TPSA) is 32.3 Å². The fourth-order valence-electron chi connectivity index (χ4n) is 3.31. The molecule has 2 fully saturated rings. The maximum atomic E-state index is 4.65. The lowest BCUT2D eigenvalue weighted by atomic mass is 9.86. The van der Waals surface area contributed by atoms with Gasteiger partial charge < -0.3 is 0 Å². The second kappa shape index (κ2) is 7.07. The Morgan fingerprint density at radius 2 is 1.70 bits per heavy atom. The number of nitrogens with zero attached hydrogens (tertiary/aromatic N) is 4. The van der Waals surface area contributed by atoms with Crippen molar-refractivity contribution in [2.75, 3.05) is 26.2 Å². The van der Waals surface area contributed by atoms with E-state index in [2.05, 4.69) is 38.1 Å². The zero-order valence-electron chi connectivity index (χ0n) is 13.5. The monoisotopic (exact) mass is 328 g/mol. The van der Waals surface area contributed by atoms with Crippen molar-refractivity contribution in [2.45, 2.75) is 38.3 Å². The molecule has 3 heterocycles. The summed E-state index contributed by atoms with van der Waals surface area (Å²) in [5.74, 6) is 0.769. The molecule has 4 rings (SSSR count). The summed E-state index contributed by atoms with van der Waals surface area (Å²) < 4.78 is 0. The molecule has 0 bridgehead atoms. The number of hydrogen-bond donors (Lipinski definition) is 0. The Morgan fingerprint density at radius 1 is 1.00 bits per heavy atom. The summed E-state index contributed by atoms with van der Waals surface area (Å²) >= 11 is 1.94. The molecule has 0 atom stereocenters. The number of pyridine rings is 1. The van der Waals surface area contributed by atoms with Gasteiger partial charge in [-0.25, -0.2) is 4.98 Å². The van der Waals surface area contributed by atoms with E-state index in [4.69, 9.17) is 0 Å². The first kappa shape index (κ1) is 15.2. The Bertz CT molecular complexity index is 615. The van der Waals surface area contributed by atoms with E-state index in [1.807, 2.05) is 23.7 Å². The first-order valence-electron chi connectivity index (χ1n) is 8.65. The molecule has 0 amide bonds. The molecule has 122 valence electrons. The highest BCUT2D eigenvalue weighted by atomic mass is 32.1. The van der Waals surface area contributed by atoms with E-state index in [-0.39, 0.29) is 0 Å². The van der Waals surface area contributed by atoms with Crippen molar-refractivity contribution in [1.29, 1.82) is 0 Å². The van der Waals surface area contributed by atoms with Crippen LogP contribution in [0.3, 0.4) is 0 Å². The van der Waals surface area contributed by atoms with Gasteiger partial charge in [0.05, 0.1) is 5.01 Å². The number of aromatic nitrogens is 2. The third-order valence-corrected chi connectivity index (χ3v) is 6.17. The molecule has 0 unspecified atom stereocenters. The molecule has 1 aliphatic heterocycles. The lowest BCUT2D eigenvalue weighted by Crippen LogP contribution is -2.45. The minimum absolute atomic E-state index is 0.769. The van der Waals surface area contributed by atoms with Gasteiger partial charge in [-0.05, 0) is 30.5 Å². The summed E-state index contributed by atoms with van der Waals surface area (Å²) in [5.41, 5.74) is 1.36. The fraction of sp³-hybridized carbons (Fsp3) is 0.556. The van der Waals surface area contributed by atoms with Gasteiger partial charge >= 0.3 is 0 Å². The van der Waals surface area contributed by atoms with Crippen LogP contribution in [0, 0.1) is 0 Å². The maximum Gasteiger partial charge on any atom is 0.0959 e. The maximum absolute atomic E-state index is 4.65. The van der Waals surface area contributed by atoms with E-state index in [1.165, 1.54) is 34.7 Å². The SMILES string of the molecule is c1cc(CN2CCN(Cc3cnc(C4CCC4)s3)CC2)ccn1. The van der Waals surface area contributed by atoms with E-state index < -0.39 is 0 Å². The van der Waals surface area contributed by atoms with Crippen molar-refractivity contribution in [3.63, 3.8) is 0 Å². The quantitative estimate of drug-likeness (QED) is 0.844. The summed E-state index contributed by atoms with van der Waals surface area (Å²) in [5, 5.41) is 1.38. The first-order chi connectivity index (χ1) is 11.4. The first-order valence-corrected chi connectivity index (χ1v) is 9.47. The third-order valence-electron chi connectivity index (χ3n) is 5.03. The molecule has 0 N–H and O–H groups in total. The van der Waals surface area contributed by atoms with Crippen LogP contribution < -0.4 is 0 Å². The van der Waals surface area contributed by atoms with Crippen molar-refractivity contribution >= 4 is 11.3 Å². The molecule has 1 saturated heterocycles. The number of thiazole rings is 1. The lowest BCUT2D eigenvalue weighted by Gasteiger charge is -2.34. The molecule has 2 aromatic heterocycles. The Hall–Kier alpha value is -1.30. The predicted molar refractivity (Wildman–Crippen MR) is 93.5 cm³/mol. The molecule has 23 heavy (non-hydrogen) atoms. The van der Waals surface area contributed by atoms with Crippen LogP contribution >= 0.6 is 11.3 Å². The molecular weight excluding hydrogens is 304 g/mol. The van der Waals surface area contributed by atoms with E-state index in [0.29, 0.717) is 0 Å². The molecule has 1 aliphatic carbocycles. The molecule has 4 nitrogen and oxygen atoms in total. The Morgan fingerprint density at radius 3 is 2.35 bits per heavy atom. The normalized spacial score (nSPS) is 20.5. The molecule has 1 saturated carbocycles. The van der Waals surface area contributed by atoms with Gasteiger partial charge in [0, 0.05) is 68.7 Å². The molecular formula is C18H24N4S. The second-order valence-corrected chi connectivity index (χ2v) is 7.85. The zero-order valence-corrected chi connectivity index (χ0v) is 14.3. The standard InChI is InChI=1S/C18H24N4S/c1-2-16(3-1)18-20-12-17(23-18)14-22-10-8-21(9-11-22)13-15-4-6-19-7-5-15/h4-7,12,16H,1-3,8-11,13-14H2. The van der Waals surface area contributed by atoms with Crippen LogP contribution in [-0.4, -0.2) is 45.9 Å². The minimum atomic E-state index is 0.769. The molecule has 0 spiro atoms. The van der Waals surface area contributed by atoms with Crippen LogP contribution in [0.4, 0.5) is 0 Å². The van der Waals surface area contributed by atoms with E-state index in [1.54, 1.807) is 0 Å². The van der Waals surface area contributed by atoms with Crippen LogP contribution in [0.1, 0.15) is 40.6 Å². The van der Waals surface area contributed by atoms with Crippen molar-refractivity contribution in [3.8, 4) is 0 Å². The highest BCUT2D eigenvalue weighted by molar-refractivity contribution is 7.11. The van der Waals surface area contributed by atoms with Gasteiger partial charge in [0.25, 0.3) is 0 Å². The molecule has 0 aromatic carbocycles. The van der Waals surface area contributed by atoms with Gasteiger partial charge in [0.15, 0.2) is 0 Å². The van der Waals surface area contributed by atoms with Crippen LogP contribution in [-0.2, 0) is 13.1 Å². The van der Waals surface area contributed by atoms with Crippen LogP contribution in [0.2, 0.25) is 0 Å². The number of hydrogen-bond acceptors (Lipinski definition) is 5. The highest BCUT2D eigenvalue weighted by Crippen LogP contribution is 2.38. The average molecular weight is 328 g/mol. The smallest absolute Gasteiger partial charge is 0.0959 e. The number of piperazine rings is 1. The van der Waals surface area contributed by atoms with Crippen molar-refractivity contribution in [1.82, 2.24) is 19.8 Å². The van der Waals surface area contributed by atoms with Gasteiger partial charge in [-0.3, -0.25) is 14.8 Å². The summed E-state index contributed by atoms with van der Waals surface area (Å²) in [4.78, 5) is 15.3. The van der Waals surface area contributed by atoms with Crippen LogP contribution in [0.5, 0.6) is 0 Å². The van der Waals surface area contributed by atoms with Gasteiger partial charge in [0.1, 0.15) is 0 Å². The Kier molecular flexibility index (Phi) is 4.69. The molecule has 0 radical (unpaired) electrons. The Labute approximate surface area is 142 Å². The second-order valence-electron chi connectivity index (χ2n) is 6.70. The van der Waals surface area contributed by atoms with Crippen LogP contribution in [0.15, 0.2) is 30.7 Å². The van der Waals surface area contributed by atoms with Gasteiger partial charge in [-0.15, -0.1) is 11.3 Å². The predicted octanol–water partition coefficient (Wildman–Crippen LogP) is 3.12. The number of rotatable bonds is 5. The highest BCUT2D eigenvalue weighted by Gasteiger charge is 2.23. The molecule has 2 aromatic rings. The summed E-state index contributed by atoms with van der Waals surface area (Å²) in [6.45, 7) is 6.73. The molecule has 2 aliphatic rings. The summed E-state index contributed by atoms with van der Waals surface area (Å²) in [7, 11) is 0. The fourth-order valence-corrected chi connectivity index (χ4v) is 4.44. The van der Waals surface area contributed by atoms with Crippen LogP contribution in [0.25, 0.3) is 0 Å². The third kappa shape index (κ3) is 3.79. The summed E-state index contributed by atoms with van der Waals surface area (Å²) in [6.07, 6.45) is 9.96. The van der Waals surface area contributed by atoms with Gasteiger partial charge in [-0.2, -0.15) is 0 Å².